The maximum Gasteiger partial charge on any atom is 0.535 e. The first kappa shape index (κ1) is 20.2. The summed E-state index contributed by atoms with van der Waals surface area (Å²) < 4.78 is 5.23. The molecule has 0 aliphatic carbocycles. The van der Waals surface area contributed by atoms with Crippen LogP contribution < -0.4 is 11.1 Å². The molecular weight excluding hydrogens is 378 g/mol. The van der Waals surface area contributed by atoms with Gasteiger partial charge >= 0.3 is 6.16 Å². The van der Waals surface area contributed by atoms with Crippen molar-refractivity contribution in [1.29, 1.82) is 0 Å². The second-order valence-corrected chi connectivity index (χ2v) is 6.92. The first-order valence-corrected chi connectivity index (χ1v) is 9.08. The van der Waals surface area contributed by atoms with Gasteiger partial charge in [-0.15, -0.1) is 11.3 Å². The van der Waals surface area contributed by atoms with E-state index in [2.05, 4.69) is 20.0 Å². The van der Waals surface area contributed by atoms with Crippen LogP contribution in [-0.4, -0.2) is 30.3 Å². The van der Waals surface area contributed by atoms with E-state index in [-0.39, 0.29) is 19.0 Å². The zero-order valence-corrected chi connectivity index (χ0v) is 15.7. The summed E-state index contributed by atoms with van der Waals surface area (Å²) >= 11 is 7.33. The van der Waals surface area contributed by atoms with E-state index in [9.17, 15) is 9.90 Å². The maximum atomic E-state index is 11.3. The van der Waals surface area contributed by atoms with Gasteiger partial charge in [-0.2, -0.15) is 0 Å². The minimum absolute atomic E-state index is 0.00551. The summed E-state index contributed by atoms with van der Waals surface area (Å²) in [4.78, 5) is 16.7. The minimum Gasteiger partial charge on any atom is -0.433 e. The topological polar surface area (TPSA) is 106 Å². The normalized spacial score (nSPS) is 13.9. The van der Waals surface area contributed by atoms with Crippen molar-refractivity contribution in [3.05, 3.63) is 57.2 Å². The Kier molecular flexibility index (Phi) is 7.86. The predicted octanol–water partition coefficient (Wildman–Crippen LogP) is 3.21. The molecule has 140 valence electrons. The monoisotopic (exact) mass is 397 g/mol. The van der Waals surface area contributed by atoms with Crippen LogP contribution in [0.4, 0.5) is 4.79 Å². The number of thiophene rings is 1. The first-order chi connectivity index (χ1) is 12.5. The van der Waals surface area contributed by atoms with Gasteiger partial charge in [0, 0.05) is 4.88 Å². The van der Waals surface area contributed by atoms with E-state index in [1.54, 1.807) is 19.1 Å². The van der Waals surface area contributed by atoms with E-state index >= 15 is 0 Å². The molecule has 0 radical (unpaired) electrons. The molecule has 2 rings (SSSR count). The Hall–Kier alpha value is -2.13. The summed E-state index contributed by atoms with van der Waals surface area (Å²) in [5, 5.41) is 16.6. The molecule has 0 fully saturated rings. The van der Waals surface area contributed by atoms with Crippen molar-refractivity contribution in [3.8, 4) is 0 Å². The number of hydrogen-bond donors (Lipinski definition) is 3. The summed E-state index contributed by atoms with van der Waals surface area (Å²) in [6.07, 6.45) is -0.944. The number of carbonyl (C=O) groups excluding carboxylic acids is 1. The lowest BCUT2D eigenvalue weighted by atomic mass is 10.1. The Morgan fingerprint density at radius 2 is 2.08 bits per heavy atom. The molecule has 2 aromatic rings. The Labute approximate surface area is 160 Å². The fraction of sp³-hybridized carbons (Fsp3) is 0.294. The van der Waals surface area contributed by atoms with E-state index in [4.69, 9.17) is 17.3 Å². The number of nitrogens with one attached hydrogen (secondary N) is 1. The molecule has 0 bridgehead atoms. The summed E-state index contributed by atoms with van der Waals surface area (Å²) in [6, 6.07) is 11.9. The Morgan fingerprint density at radius 1 is 1.35 bits per heavy atom. The summed E-state index contributed by atoms with van der Waals surface area (Å²) in [6.45, 7) is 1.65. The molecule has 0 saturated carbocycles. The average molecular weight is 398 g/mol. The van der Waals surface area contributed by atoms with Gasteiger partial charge in [-0.1, -0.05) is 47.1 Å². The fourth-order valence-electron chi connectivity index (χ4n) is 2.22. The standard InChI is InChI=1S/C17H20ClN3O4S/c1-2-24-17(23)25-21-16(19)15(13-8-9-14(18)26-13)20-12(10-22)11-6-4-3-5-7-11/h3-9,12,15,20,22H,2,10H2,1H3,(H2,19,21)/t12-,15+/m0/s1. The van der Waals surface area contributed by atoms with Crippen molar-refractivity contribution in [1.82, 2.24) is 5.32 Å². The third-order valence-corrected chi connectivity index (χ3v) is 4.71. The lowest BCUT2D eigenvalue weighted by Crippen LogP contribution is -2.37. The Bertz CT molecular complexity index is 739. The molecule has 0 amide bonds. The van der Waals surface area contributed by atoms with Crippen molar-refractivity contribution in [3.63, 3.8) is 0 Å². The minimum atomic E-state index is -0.944. The van der Waals surface area contributed by atoms with E-state index in [1.165, 1.54) is 11.3 Å². The van der Waals surface area contributed by atoms with Gasteiger partial charge in [0.25, 0.3) is 0 Å². The lowest BCUT2D eigenvalue weighted by Gasteiger charge is -2.23. The number of ether oxygens (including phenoxy) is 1. The van der Waals surface area contributed by atoms with Gasteiger partial charge in [0.15, 0.2) is 5.84 Å². The SMILES string of the molecule is CCOC(=O)O/N=C(\N)[C@H](N[C@@H](CO)c1ccccc1)c1ccc(Cl)s1. The number of aliphatic hydroxyl groups excluding tert-OH is 1. The zero-order chi connectivity index (χ0) is 18.9. The van der Waals surface area contributed by atoms with Crippen LogP contribution in [0.3, 0.4) is 0 Å². The predicted molar refractivity (Wildman–Crippen MR) is 101 cm³/mol. The Morgan fingerprint density at radius 3 is 2.65 bits per heavy atom. The smallest absolute Gasteiger partial charge is 0.433 e. The van der Waals surface area contributed by atoms with Crippen LogP contribution in [0.25, 0.3) is 0 Å². The Balaban J connectivity index is 2.23. The summed E-state index contributed by atoms with van der Waals surface area (Å²) in [5.41, 5.74) is 6.90. The van der Waals surface area contributed by atoms with Crippen molar-refractivity contribution in [2.75, 3.05) is 13.2 Å². The van der Waals surface area contributed by atoms with E-state index in [0.717, 1.165) is 10.4 Å². The number of nitrogens with two attached hydrogens (primary N) is 1. The van der Waals surface area contributed by atoms with Crippen molar-refractivity contribution in [2.45, 2.75) is 19.0 Å². The molecule has 0 saturated heterocycles. The number of nitrogens with zero attached hydrogens (tertiary/aromatic N) is 1. The second-order valence-electron chi connectivity index (χ2n) is 5.18. The van der Waals surface area contributed by atoms with Gasteiger partial charge in [0.05, 0.1) is 23.6 Å². The number of aliphatic hydroxyl groups is 1. The number of oxime groups is 1. The molecule has 2 atom stereocenters. The highest BCUT2D eigenvalue weighted by atomic mass is 35.5. The molecule has 0 aliphatic rings. The van der Waals surface area contributed by atoms with Gasteiger partial charge in [-0.25, -0.2) is 4.79 Å². The largest absolute Gasteiger partial charge is 0.535 e. The van der Waals surface area contributed by atoms with Gasteiger partial charge in [-0.05, 0) is 24.6 Å². The molecule has 1 aromatic carbocycles. The number of amidine groups is 1. The van der Waals surface area contributed by atoms with Crippen molar-refractivity contribution < 1.29 is 19.5 Å². The molecule has 9 heteroatoms. The first-order valence-electron chi connectivity index (χ1n) is 7.89. The van der Waals surface area contributed by atoms with Crippen LogP contribution in [0.15, 0.2) is 47.6 Å². The van der Waals surface area contributed by atoms with Crippen molar-refractivity contribution >= 4 is 34.9 Å². The van der Waals surface area contributed by atoms with Crippen LogP contribution in [0.1, 0.15) is 29.4 Å². The lowest BCUT2D eigenvalue weighted by molar-refractivity contribution is 0.0608. The number of benzene rings is 1. The fourth-order valence-corrected chi connectivity index (χ4v) is 3.36. The second kappa shape index (κ2) is 10.1. The molecule has 26 heavy (non-hydrogen) atoms. The van der Waals surface area contributed by atoms with E-state index < -0.39 is 18.2 Å². The molecule has 4 N–H and O–H groups in total. The highest BCUT2D eigenvalue weighted by Crippen LogP contribution is 2.29. The highest BCUT2D eigenvalue weighted by Gasteiger charge is 2.24. The zero-order valence-electron chi connectivity index (χ0n) is 14.1. The number of hydrogen-bond acceptors (Lipinski definition) is 7. The third kappa shape index (κ3) is 5.70. The van der Waals surface area contributed by atoms with Crippen LogP contribution in [0.5, 0.6) is 0 Å². The van der Waals surface area contributed by atoms with Gasteiger partial charge in [-0.3, -0.25) is 10.2 Å². The molecule has 1 heterocycles. The number of halogens is 1. The summed E-state index contributed by atoms with van der Waals surface area (Å²) in [5.74, 6) is 0.00551. The molecular formula is C17H20ClN3O4S. The number of carbonyl (C=O) groups is 1. The average Bonchev–Trinajstić information content (AvgIpc) is 3.07. The van der Waals surface area contributed by atoms with E-state index in [1.807, 2.05) is 30.3 Å². The molecule has 1 aromatic heterocycles. The summed E-state index contributed by atoms with van der Waals surface area (Å²) in [7, 11) is 0. The maximum absolute atomic E-state index is 11.3. The van der Waals surface area contributed by atoms with Crippen molar-refractivity contribution in [2.24, 2.45) is 10.9 Å². The van der Waals surface area contributed by atoms with Crippen LogP contribution >= 0.6 is 22.9 Å². The third-order valence-electron chi connectivity index (χ3n) is 3.41. The van der Waals surface area contributed by atoms with Crippen LogP contribution in [0.2, 0.25) is 4.34 Å². The molecule has 0 aliphatic heterocycles. The quantitative estimate of drug-likeness (QED) is 0.207. The van der Waals surface area contributed by atoms with Gasteiger partial charge in [0.1, 0.15) is 6.04 Å². The molecule has 0 unspecified atom stereocenters. The van der Waals surface area contributed by atoms with Gasteiger partial charge < -0.3 is 15.6 Å². The highest BCUT2D eigenvalue weighted by molar-refractivity contribution is 7.16. The number of rotatable bonds is 8. The van der Waals surface area contributed by atoms with Crippen LogP contribution in [0, 0.1) is 0 Å². The molecule has 0 spiro atoms. The molecule has 7 nitrogen and oxygen atoms in total. The van der Waals surface area contributed by atoms with E-state index in [0.29, 0.717) is 4.34 Å². The van der Waals surface area contributed by atoms with Crippen LogP contribution in [-0.2, 0) is 9.57 Å². The van der Waals surface area contributed by atoms with Gasteiger partial charge in [0.2, 0.25) is 0 Å².